The van der Waals surface area contributed by atoms with Crippen molar-refractivity contribution in [3.05, 3.63) is 58.5 Å². The average Bonchev–Trinajstić information content (AvgIpc) is 3.34. The average molecular weight is 347 g/mol. The van der Waals surface area contributed by atoms with Crippen molar-refractivity contribution in [1.29, 1.82) is 0 Å². The number of aryl methyl sites for hydroxylation is 2. The normalized spacial score (nSPS) is 14.2. The number of hydrogen-bond donors (Lipinski definition) is 0. The maximum absolute atomic E-state index is 11.8. The zero-order chi connectivity index (χ0) is 17.8. The topological polar surface area (TPSA) is 78.7 Å². The summed E-state index contributed by atoms with van der Waals surface area (Å²) in [4.78, 5) is 21.1. The highest BCUT2D eigenvalue weighted by atomic mass is 16.4. The predicted molar refractivity (Wildman–Crippen MR) is 96.3 cm³/mol. The van der Waals surface area contributed by atoms with Gasteiger partial charge in [-0.2, -0.15) is 4.68 Å². The van der Waals surface area contributed by atoms with Crippen molar-refractivity contribution in [2.45, 2.75) is 25.7 Å². The van der Waals surface area contributed by atoms with Crippen molar-refractivity contribution in [3.63, 3.8) is 0 Å². The lowest BCUT2D eigenvalue weighted by molar-refractivity contribution is 0.528. The molecule has 1 aromatic carbocycles. The fourth-order valence-corrected chi connectivity index (χ4v) is 3.14. The van der Waals surface area contributed by atoms with Crippen LogP contribution in [-0.2, 0) is 7.05 Å². The summed E-state index contributed by atoms with van der Waals surface area (Å²) in [7, 11) is 1.70. The van der Waals surface area contributed by atoms with Crippen LogP contribution in [0.3, 0.4) is 0 Å². The molecule has 0 bridgehead atoms. The Balaban J connectivity index is 1.74. The highest BCUT2D eigenvalue weighted by molar-refractivity contribution is 5.79. The molecule has 0 atom stereocenters. The van der Waals surface area contributed by atoms with Crippen LogP contribution < -0.4 is 5.76 Å². The number of benzene rings is 1. The molecule has 3 heterocycles. The molecule has 1 fully saturated rings. The standard InChI is InChI=1S/C19H17N5O2/c1-11-4-3-9-20-17(11)24-18(21-16(22-24)12-5-6-12)13-7-8-15-14(10-13)23(2)19(25)26-15/h3-4,7-10,12H,5-6H2,1-2H3. The summed E-state index contributed by atoms with van der Waals surface area (Å²) in [5, 5.41) is 4.74. The Morgan fingerprint density at radius 1 is 1.23 bits per heavy atom. The third-order valence-electron chi connectivity index (χ3n) is 4.80. The van der Waals surface area contributed by atoms with Gasteiger partial charge < -0.3 is 4.42 Å². The molecule has 1 saturated carbocycles. The van der Waals surface area contributed by atoms with E-state index in [0.29, 0.717) is 11.5 Å². The number of nitrogens with zero attached hydrogens (tertiary/aromatic N) is 5. The van der Waals surface area contributed by atoms with E-state index in [0.717, 1.165) is 47.0 Å². The van der Waals surface area contributed by atoms with Crippen molar-refractivity contribution in [1.82, 2.24) is 24.3 Å². The predicted octanol–water partition coefficient (Wildman–Crippen LogP) is 2.96. The van der Waals surface area contributed by atoms with Gasteiger partial charge >= 0.3 is 5.76 Å². The van der Waals surface area contributed by atoms with Gasteiger partial charge in [-0.15, -0.1) is 5.10 Å². The SMILES string of the molecule is Cc1cccnc1-n1nc(C2CC2)nc1-c1ccc2oc(=O)n(C)c2c1. The molecule has 0 spiro atoms. The number of pyridine rings is 1. The molecule has 5 rings (SSSR count). The molecule has 26 heavy (non-hydrogen) atoms. The van der Waals surface area contributed by atoms with Crippen molar-refractivity contribution in [2.24, 2.45) is 7.05 Å². The first kappa shape index (κ1) is 15.1. The molecule has 0 radical (unpaired) electrons. The van der Waals surface area contributed by atoms with Gasteiger partial charge in [0.1, 0.15) is 0 Å². The maximum atomic E-state index is 11.8. The second-order valence-electron chi connectivity index (χ2n) is 6.73. The van der Waals surface area contributed by atoms with Crippen molar-refractivity contribution in [2.75, 3.05) is 0 Å². The quantitative estimate of drug-likeness (QED) is 0.569. The fraction of sp³-hybridized carbons (Fsp3) is 0.263. The summed E-state index contributed by atoms with van der Waals surface area (Å²) in [5.41, 5.74) is 3.19. The molecule has 0 N–H and O–H groups in total. The number of fused-ring (bicyclic) bond motifs is 1. The molecule has 130 valence electrons. The van der Waals surface area contributed by atoms with Crippen molar-refractivity contribution >= 4 is 11.1 Å². The van der Waals surface area contributed by atoms with Crippen LogP contribution in [-0.4, -0.2) is 24.3 Å². The van der Waals surface area contributed by atoms with Crippen molar-refractivity contribution in [3.8, 4) is 17.2 Å². The molecule has 4 aromatic rings. The second-order valence-corrected chi connectivity index (χ2v) is 6.73. The molecular formula is C19H17N5O2. The van der Waals surface area contributed by atoms with Gasteiger partial charge in [-0.1, -0.05) is 6.07 Å². The largest absolute Gasteiger partial charge is 0.419 e. The Kier molecular flexibility index (Phi) is 3.12. The van der Waals surface area contributed by atoms with Gasteiger partial charge in [-0.3, -0.25) is 4.57 Å². The minimum Gasteiger partial charge on any atom is -0.408 e. The highest BCUT2D eigenvalue weighted by Crippen LogP contribution is 2.39. The van der Waals surface area contributed by atoms with Crippen LogP contribution in [0, 0.1) is 6.92 Å². The van der Waals surface area contributed by atoms with Crippen LogP contribution >= 0.6 is 0 Å². The molecule has 0 saturated heterocycles. The highest BCUT2D eigenvalue weighted by Gasteiger charge is 2.30. The molecule has 1 aliphatic rings. The molecule has 7 heteroatoms. The summed E-state index contributed by atoms with van der Waals surface area (Å²) in [5.74, 6) is 2.40. The van der Waals surface area contributed by atoms with E-state index in [-0.39, 0.29) is 5.76 Å². The summed E-state index contributed by atoms with van der Waals surface area (Å²) < 4.78 is 8.53. The number of rotatable bonds is 3. The van der Waals surface area contributed by atoms with E-state index in [1.807, 2.05) is 35.9 Å². The Hall–Kier alpha value is -3.22. The fourth-order valence-electron chi connectivity index (χ4n) is 3.14. The first-order valence-corrected chi connectivity index (χ1v) is 8.61. The molecule has 0 aliphatic heterocycles. The van der Waals surface area contributed by atoms with Gasteiger partial charge in [0.2, 0.25) is 0 Å². The Bertz CT molecular complexity index is 1200. The molecule has 3 aromatic heterocycles. The summed E-state index contributed by atoms with van der Waals surface area (Å²) in [6.45, 7) is 2.01. The van der Waals surface area contributed by atoms with Crippen molar-refractivity contribution < 1.29 is 4.42 Å². The van der Waals surface area contributed by atoms with E-state index in [1.165, 1.54) is 4.57 Å². The lowest BCUT2D eigenvalue weighted by Crippen LogP contribution is -2.08. The zero-order valence-corrected chi connectivity index (χ0v) is 14.5. The minimum atomic E-state index is -0.377. The Morgan fingerprint density at radius 3 is 2.85 bits per heavy atom. The smallest absolute Gasteiger partial charge is 0.408 e. The van der Waals surface area contributed by atoms with Gasteiger partial charge in [-0.25, -0.2) is 14.8 Å². The monoisotopic (exact) mass is 347 g/mol. The van der Waals surface area contributed by atoms with E-state index >= 15 is 0 Å². The van der Waals surface area contributed by atoms with Crippen LogP contribution in [0.5, 0.6) is 0 Å². The minimum absolute atomic E-state index is 0.377. The maximum Gasteiger partial charge on any atom is 0.419 e. The third-order valence-corrected chi connectivity index (χ3v) is 4.80. The van der Waals surface area contributed by atoms with E-state index in [9.17, 15) is 4.79 Å². The summed E-state index contributed by atoms with van der Waals surface area (Å²) in [6, 6.07) is 9.53. The van der Waals surface area contributed by atoms with Gasteiger partial charge in [0, 0.05) is 24.7 Å². The van der Waals surface area contributed by atoms with E-state index < -0.39 is 0 Å². The molecule has 0 unspecified atom stereocenters. The van der Waals surface area contributed by atoms with Gasteiger partial charge in [0.25, 0.3) is 0 Å². The number of hydrogen-bond acceptors (Lipinski definition) is 5. The first-order chi connectivity index (χ1) is 12.6. The Labute approximate surface area is 148 Å². The van der Waals surface area contributed by atoms with E-state index in [4.69, 9.17) is 14.5 Å². The first-order valence-electron chi connectivity index (χ1n) is 8.61. The van der Waals surface area contributed by atoms with E-state index in [2.05, 4.69) is 4.98 Å². The summed E-state index contributed by atoms with van der Waals surface area (Å²) in [6.07, 6.45) is 4.01. The van der Waals surface area contributed by atoms with Gasteiger partial charge in [0.05, 0.1) is 5.52 Å². The second kappa shape index (κ2) is 5.39. The van der Waals surface area contributed by atoms with Crippen LogP contribution in [0.1, 0.15) is 30.1 Å². The summed E-state index contributed by atoms with van der Waals surface area (Å²) >= 11 is 0. The van der Waals surface area contributed by atoms with Crippen LogP contribution in [0.4, 0.5) is 0 Å². The number of aromatic nitrogens is 5. The molecular weight excluding hydrogens is 330 g/mol. The molecule has 7 nitrogen and oxygen atoms in total. The molecule has 1 aliphatic carbocycles. The number of oxazole rings is 1. The van der Waals surface area contributed by atoms with Crippen LogP contribution in [0.2, 0.25) is 0 Å². The van der Waals surface area contributed by atoms with Crippen LogP contribution in [0.25, 0.3) is 28.3 Å². The van der Waals surface area contributed by atoms with Crippen LogP contribution in [0.15, 0.2) is 45.7 Å². The lowest BCUT2D eigenvalue weighted by atomic mass is 10.2. The van der Waals surface area contributed by atoms with Gasteiger partial charge in [-0.05, 0) is 49.6 Å². The zero-order valence-electron chi connectivity index (χ0n) is 14.5. The lowest BCUT2D eigenvalue weighted by Gasteiger charge is -2.07. The third kappa shape index (κ3) is 2.28. The van der Waals surface area contributed by atoms with E-state index in [1.54, 1.807) is 19.3 Å². The Morgan fingerprint density at radius 2 is 2.08 bits per heavy atom. The van der Waals surface area contributed by atoms with Gasteiger partial charge in [0.15, 0.2) is 23.0 Å². The molecule has 0 amide bonds.